The van der Waals surface area contributed by atoms with Crippen LogP contribution in [0, 0.1) is 17.3 Å². The van der Waals surface area contributed by atoms with Gasteiger partial charge < -0.3 is 16.2 Å². The minimum atomic E-state index is -0.859. The van der Waals surface area contributed by atoms with Crippen LogP contribution in [0.15, 0.2) is 0 Å². The summed E-state index contributed by atoms with van der Waals surface area (Å²) in [4.78, 5) is 22.8. The number of rotatable bonds is 7. The van der Waals surface area contributed by atoms with Gasteiger partial charge >= 0.3 is 5.97 Å². The fourth-order valence-electron chi connectivity index (χ4n) is 2.36. The van der Waals surface area contributed by atoms with Gasteiger partial charge in [-0.25, -0.2) is 0 Å². The van der Waals surface area contributed by atoms with Gasteiger partial charge in [0.05, 0.1) is 5.92 Å². The third-order valence-electron chi connectivity index (χ3n) is 4.02. The van der Waals surface area contributed by atoms with Crippen LogP contribution in [0.3, 0.4) is 0 Å². The number of nitrogens with two attached hydrogens (primary N) is 1. The van der Waals surface area contributed by atoms with Crippen LogP contribution < -0.4 is 11.1 Å². The number of hydrogen-bond acceptors (Lipinski definition) is 3. The van der Waals surface area contributed by atoms with Crippen LogP contribution in [0.4, 0.5) is 0 Å². The minimum absolute atomic E-state index is 0.00923. The molecule has 0 bridgehead atoms. The van der Waals surface area contributed by atoms with Gasteiger partial charge in [-0.15, -0.1) is 0 Å². The van der Waals surface area contributed by atoms with Crippen molar-refractivity contribution in [1.82, 2.24) is 5.32 Å². The van der Waals surface area contributed by atoms with Gasteiger partial charge in [0.15, 0.2) is 0 Å². The van der Waals surface area contributed by atoms with E-state index in [-0.39, 0.29) is 23.8 Å². The van der Waals surface area contributed by atoms with E-state index in [0.29, 0.717) is 13.0 Å². The summed E-state index contributed by atoms with van der Waals surface area (Å²) < 4.78 is 0. The van der Waals surface area contributed by atoms with Gasteiger partial charge in [-0.2, -0.15) is 0 Å². The minimum Gasteiger partial charge on any atom is -0.481 e. The molecule has 0 aromatic heterocycles. The van der Waals surface area contributed by atoms with E-state index >= 15 is 0 Å². The molecule has 1 rings (SSSR count). The molecule has 0 spiro atoms. The molecule has 1 atom stereocenters. The second-order valence-corrected chi connectivity index (χ2v) is 5.73. The van der Waals surface area contributed by atoms with Crippen molar-refractivity contribution < 1.29 is 14.7 Å². The summed E-state index contributed by atoms with van der Waals surface area (Å²) in [6.07, 6.45) is 3.56. The zero-order chi connectivity index (χ0) is 13.8. The molecule has 104 valence electrons. The van der Waals surface area contributed by atoms with Crippen molar-refractivity contribution in [2.45, 2.75) is 39.5 Å². The number of hydrogen-bond donors (Lipinski definition) is 3. The van der Waals surface area contributed by atoms with Gasteiger partial charge in [-0.1, -0.05) is 20.3 Å². The first-order valence-electron chi connectivity index (χ1n) is 6.60. The third-order valence-corrected chi connectivity index (χ3v) is 4.02. The van der Waals surface area contributed by atoms with Crippen LogP contribution in [0.25, 0.3) is 0 Å². The van der Waals surface area contributed by atoms with Crippen LogP contribution >= 0.6 is 0 Å². The van der Waals surface area contributed by atoms with Crippen LogP contribution in [-0.4, -0.2) is 30.1 Å². The molecule has 1 amide bonds. The van der Waals surface area contributed by atoms with Crippen LogP contribution in [-0.2, 0) is 9.59 Å². The highest BCUT2D eigenvalue weighted by molar-refractivity contribution is 5.78. The summed E-state index contributed by atoms with van der Waals surface area (Å²) in [6.45, 7) is 4.43. The number of carboxylic acid groups (broad SMARTS) is 1. The van der Waals surface area contributed by atoms with Gasteiger partial charge in [-0.05, 0) is 30.7 Å². The molecule has 0 heterocycles. The Morgan fingerprint density at radius 3 is 2.33 bits per heavy atom. The number of carboxylic acids is 1. The Morgan fingerprint density at radius 1 is 1.39 bits per heavy atom. The molecule has 0 aromatic carbocycles. The zero-order valence-electron chi connectivity index (χ0n) is 11.2. The van der Waals surface area contributed by atoms with Gasteiger partial charge in [0, 0.05) is 13.0 Å². The Balaban J connectivity index is 2.38. The first-order chi connectivity index (χ1) is 8.40. The molecule has 0 aliphatic heterocycles. The molecule has 4 N–H and O–H groups in total. The number of aliphatic carboxylic acids is 1. The van der Waals surface area contributed by atoms with E-state index in [1.54, 1.807) is 0 Å². The van der Waals surface area contributed by atoms with Gasteiger partial charge in [0.2, 0.25) is 5.91 Å². The van der Waals surface area contributed by atoms with E-state index < -0.39 is 11.9 Å². The lowest BCUT2D eigenvalue weighted by Gasteiger charge is -2.40. The van der Waals surface area contributed by atoms with Crippen molar-refractivity contribution in [3.63, 3.8) is 0 Å². The SMILES string of the molecule is CC(C)C(CNC(=O)CC1(CN)CCC1)C(=O)O. The molecule has 5 heteroatoms. The number of carbonyl (C=O) groups is 2. The topological polar surface area (TPSA) is 92.4 Å². The Morgan fingerprint density at radius 2 is 2.00 bits per heavy atom. The lowest BCUT2D eigenvalue weighted by molar-refractivity contribution is -0.143. The van der Waals surface area contributed by atoms with Crippen molar-refractivity contribution >= 4 is 11.9 Å². The maximum absolute atomic E-state index is 11.8. The monoisotopic (exact) mass is 256 g/mol. The fraction of sp³-hybridized carbons (Fsp3) is 0.846. The Bertz CT molecular complexity index is 306. The van der Waals surface area contributed by atoms with E-state index in [9.17, 15) is 9.59 Å². The summed E-state index contributed by atoms with van der Waals surface area (Å²) in [5, 5.41) is 11.7. The fourth-order valence-corrected chi connectivity index (χ4v) is 2.36. The van der Waals surface area contributed by atoms with Crippen molar-refractivity contribution in [1.29, 1.82) is 0 Å². The lowest BCUT2D eigenvalue weighted by atomic mass is 9.66. The summed E-state index contributed by atoms with van der Waals surface area (Å²) in [5.74, 6) is -1.45. The molecule has 1 aliphatic rings. The Labute approximate surface area is 108 Å². The second kappa shape index (κ2) is 6.18. The maximum Gasteiger partial charge on any atom is 0.308 e. The van der Waals surface area contributed by atoms with Gasteiger partial charge in [0.25, 0.3) is 0 Å². The molecular formula is C13H24N2O3. The summed E-state index contributed by atoms with van der Waals surface area (Å²) >= 11 is 0. The van der Waals surface area contributed by atoms with Crippen molar-refractivity contribution in [3.8, 4) is 0 Å². The highest BCUT2D eigenvalue weighted by Crippen LogP contribution is 2.42. The third kappa shape index (κ3) is 3.70. The van der Waals surface area contributed by atoms with E-state index in [0.717, 1.165) is 19.3 Å². The van der Waals surface area contributed by atoms with Crippen LogP contribution in [0.5, 0.6) is 0 Å². The molecule has 0 aromatic rings. The molecule has 1 fully saturated rings. The Kier molecular flexibility index (Phi) is 5.14. The summed E-state index contributed by atoms with van der Waals surface area (Å²) in [7, 11) is 0. The zero-order valence-corrected chi connectivity index (χ0v) is 11.2. The highest BCUT2D eigenvalue weighted by Gasteiger charge is 2.37. The first-order valence-corrected chi connectivity index (χ1v) is 6.60. The quantitative estimate of drug-likeness (QED) is 0.633. The summed E-state index contributed by atoms with van der Waals surface area (Å²) in [5.41, 5.74) is 5.67. The lowest BCUT2D eigenvalue weighted by Crippen LogP contribution is -2.43. The smallest absolute Gasteiger partial charge is 0.308 e. The Hall–Kier alpha value is -1.10. The van der Waals surface area contributed by atoms with Crippen molar-refractivity contribution in [2.24, 2.45) is 23.0 Å². The molecule has 0 saturated heterocycles. The summed E-state index contributed by atoms with van der Waals surface area (Å²) in [6, 6.07) is 0. The van der Waals surface area contributed by atoms with E-state index in [2.05, 4.69) is 5.32 Å². The van der Waals surface area contributed by atoms with Gasteiger partial charge in [0.1, 0.15) is 0 Å². The van der Waals surface area contributed by atoms with Crippen molar-refractivity contribution in [2.75, 3.05) is 13.1 Å². The molecule has 1 aliphatic carbocycles. The molecule has 5 nitrogen and oxygen atoms in total. The van der Waals surface area contributed by atoms with Crippen molar-refractivity contribution in [3.05, 3.63) is 0 Å². The average Bonchev–Trinajstić information content (AvgIpc) is 2.22. The molecule has 18 heavy (non-hydrogen) atoms. The van der Waals surface area contributed by atoms with E-state index in [1.165, 1.54) is 0 Å². The average molecular weight is 256 g/mol. The molecular weight excluding hydrogens is 232 g/mol. The first kappa shape index (κ1) is 15.0. The number of nitrogens with one attached hydrogen (secondary N) is 1. The van der Waals surface area contributed by atoms with E-state index in [1.807, 2.05) is 13.8 Å². The predicted octanol–water partition coefficient (Wildman–Crippen LogP) is 0.979. The van der Waals surface area contributed by atoms with Gasteiger partial charge in [-0.3, -0.25) is 9.59 Å². The highest BCUT2D eigenvalue weighted by atomic mass is 16.4. The van der Waals surface area contributed by atoms with Crippen LogP contribution in [0.2, 0.25) is 0 Å². The standard InChI is InChI=1S/C13H24N2O3/c1-9(2)10(12(17)18)7-15-11(16)6-13(8-14)4-3-5-13/h9-10H,3-8,14H2,1-2H3,(H,15,16)(H,17,18). The molecule has 1 unspecified atom stereocenters. The molecule has 0 radical (unpaired) electrons. The predicted molar refractivity (Wildman–Crippen MR) is 68.9 cm³/mol. The maximum atomic E-state index is 11.8. The molecule has 1 saturated carbocycles. The second-order valence-electron chi connectivity index (χ2n) is 5.73. The normalized spacial score (nSPS) is 19.1. The largest absolute Gasteiger partial charge is 0.481 e. The number of amides is 1. The number of carbonyl (C=O) groups excluding carboxylic acids is 1. The van der Waals surface area contributed by atoms with Crippen LogP contribution in [0.1, 0.15) is 39.5 Å². The van der Waals surface area contributed by atoms with E-state index in [4.69, 9.17) is 10.8 Å².